The van der Waals surface area contributed by atoms with E-state index in [9.17, 15) is 22.4 Å². The van der Waals surface area contributed by atoms with Gasteiger partial charge in [-0.3, -0.25) is 4.79 Å². The molecule has 1 N–H and O–H groups in total. The second-order valence-electron chi connectivity index (χ2n) is 8.15. The number of halogens is 4. The zero-order valence-electron chi connectivity index (χ0n) is 18.0. The first-order chi connectivity index (χ1) is 16.2. The third-order valence-corrected chi connectivity index (χ3v) is 7.08. The van der Waals surface area contributed by atoms with Crippen molar-refractivity contribution >= 4 is 33.1 Å². The van der Waals surface area contributed by atoms with Crippen LogP contribution in [0.15, 0.2) is 30.3 Å². The van der Waals surface area contributed by atoms with Crippen LogP contribution in [0.4, 0.5) is 23.2 Å². The van der Waals surface area contributed by atoms with Crippen LogP contribution in [0.3, 0.4) is 0 Å². The maximum absolute atomic E-state index is 14.6. The van der Waals surface area contributed by atoms with E-state index >= 15 is 0 Å². The van der Waals surface area contributed by atoms with E-state index in [4.69, 9.17) is 0 Å². The fraction of sp³-hybridized carbons (Fsp3) is 0.304. The number of carbonyl (C=O) groups is 1. The summed E-state index contributed by atoms with van der Waals surface area (Å²) in [6.07, 6.45) is -0.624. The van der Waals surface area contributed by atoms with Crippen molar-refractivity contribution in [1.29, 1.82) is 0 Å². The minimum absolute atomic E-state index is 0.0470. The van der Waals surface area contributed by atoms with Crippen LogP contribution in [0.5, 0.6) is 0 Å². The van der Waals surface area contributed by atoms with E-state index in [1.165, 1.54) is 18.2 Å². The molecule has 1 aliphatic heterocycles. The Bertz CT molecular complexity index is 1410. The highest BCUT2D eigenvalue weighted by Gasteiger charge is 2.33. The molecule has 0 spiro atoms. The first kappa shape index (κ1) is 22.5. The zero-order chi connectivity index (χ0) is 24.0. The molecule has 0 saturated heterocycles. The number of amides is 1. The number of aromatic nitrogens is 4. The Balaban J connectivity index is 1.46. The number of alkyl halides is 3. The molecule has 4 heterocycles. The van der Waals surface area contributed by atoms with Crippen molar-refractivity contribution < 1.29 is 22.4 Å². The highest BCUT2D eigenvalue weighted by Crippen LogP contribution is 2.35. The molecule has 0 unspecified atom stereocenters. The summed E-state index contributed by atoms with van der Waals surface area (Å²) >= 11 is 0.838. The molecule has 4 aromatic rings. The number of aryl methyl sites for hydroxylation is 2. The largest absolute Gasteiger partial charge is 0.433 e. The normalized spacial score (nSPS) is 14.1. The van der Waals surface area contributed by atoms with E-state index in [2.05, 4.69) is 20.5 Å². The molecule has 1 amide bonds. The van der Waals surface area contributed by atoms with Crippen molar-refractivity contribution in [3.63, 3.8) is 0 Å². The standard InChI is InChI=1S/C23H19F4N5OS/c1-12-14-7-9-17(23(25,26)27)29-22(14)34-19(12)21(33)28-16-11-13(6-8-15(16)24)20-31-30-18-5-3-2-4-10-32(18)20/h6-9,11H,2-5,10H2,1H3,(H,28,33). The maximum Gasteiger partial charge on any atom is 0.433 e. The molecule has 1 aliphatic rings. The van der Waals surface area contributed by atoms with E-state index in [1.54, 1.807) is 13.0 Å². The van der Waals surface area contributed by atoms with E-state index in [0.717, 1.165) is 55.5 Å². The minimum atomic E-state index is -4.59. The van der Waals surface area contributed by atoms with Crippen molar-refractivity contribution in [2.75, 3.05) is 5.32 Å². The average Bonchev–Trinajstić information content (AvgIpc) is 3.26. The van der Waals surface area contributed by atoms with Gasteiger partial charge in [0.1, 0.15) is 22.2 Å². The molecule has 0 bridgehead atoms. The number of carbonyl (C=O) groups excluding carboxylic acids is 1. The maximum atomic E-state index is 14.6. The molecule has 1 aromatic carbocycles. The van der Waals surface area contributed by atoms with Gasteiger partial charge in [-0.1, -0.05) is 6.42 Å². The lowest BCUT2D eigenvalue weighted by Crippen LogP contribution is -2.13. The van der Waals surface area contributed by atoms with Crippen LogP contribution < -0.4 is 5.32 Å². The number of fused-ring (bicyclic) bond motifs is 2. The Labute approximate surface area is 195 Å². The van der Waals surface area contributed by atoms with Gasteiger partial charge >= 0.3 is 6.18 Å². The predicted molar refractivity (Wildman–Crippen MR) is 120 cm³/mol. The van der Waals surface area contributed by atoms with Crippen LogP contribution in [-0.2, 0) is 19.1 Å². The Morgan fingerprint density at radius 1 is 1.12 bits per heavy atom. The number of benzene rings is 1. The quantitative estimate of drug-likeness (QED) is 0.358. The van der Waals surface area contributed by atoms with Crippen LogP contribution in [0, 0.1) is 12.7 Å². The Kier molecular flexibility index (Phi) is 5.59. The number of thiophene rings is 1. The number of hydrogen-bond donors (Lipinski definition) is 1. The third-order valence-electron chi connectivity index (χ3n) is 5.88. The van der Waals surface area contributed by atoms with Gasteiger partial charge in [0.15, 0.2) is 5.82 Å². The van der Waals surface area contributed by atoms with Crippen molar-refractivity contribution in [3.05, 3.63) is 58.1 Å². The highest BCUT2D eigenvalue weighted by atomic mass is 32.1. The van der Waals surface area contributed by atoms with Gasteiger partial charge in [0, 0.05) is 23.9 Å². The van der Waals surface area contributed by atoms with Gasteiger partial charge in [-0.05, 0) is 55.7 Å². The van der Waals surface area contributed by atoms with Gasteiger partial charge in [-0.15, -0.1) is 21.5 Å². The van der Waals surface area contributed by atoms with Gasteiger partial charge < -0.3 is 9.88 Å². The Hall–Kier alpha value is -3.34. The van der Waals surface area contributed by atoms with Gasteiger partial charge in [0.05, 0.1) is 10.6 Å². The highest BCUT2D eigenvalue weighted by molar-refractivity contribution is 7.20. The van der Waals surface area contributed by atoms with E-state index in [-0.39, 0.29) is 15.4 Å². The fourth-order valence-electron chi connectivity index (χ4n) is 4.11. The van der Waals surface area contributed by atoms with Gasteiger partial charge in [-0.25, -0.2) is 9.37 Å². The number of pyridine rings is 1. The molecule has 0 aliphatic carbocycles. The van der Waals surface area contributed by atoms with E-state index in [1.807, 2.05) is 4.57 Å². The average molecular weight is 489 g/mol. The second-order valence-corrected chi connectivity index (χ2v) is 9.15. The van der Waals surface area contributed by atoms with Crippen molar-refractivity contribution in [2.24, 2.45) is 0 Å². The molecule has 6 nitrogen and oxygen atoms in total. The Morgan fingerprint density at radius 3 is 2.74 bits per heavy atom. The molecule has 3 aromatic heterocycles. The summed E-state index contributed by atoms with van der Waals surface area (Å²) in [5.74, 6) is 0.234. The molecule has 5 rings (SSSR count). The van der Waals surface area contributed by atoms with Crippen LogP contribution in [0.1, 0.15) is 46.0 Å². The summed E-state index contributed by atoms with van der Waals surface area (Å²) in [5.41, 5.74) is 0.0219. The molecule has 0 radical (unpaired) electrons. The number of anilines is 1. The predicted octanol–water partition coefficient (Wildman–Crippen LogP) is 6.00. The lowest BCUT2D eigenvalue weighted by Gasteiger charge is -2.10. The fourth-order valence-corrected chi connectivity index (χ4v) is 5.19. The molecule has 34 heavy (non-hydrogen) atoms. The second kappa shape index (κ2) is 8.46. The van der Waals surface area contributed by atoms with Crippen LogP contribution in [-0.4, -0.2) is 25.7 Å². The molecular weight excluding hydrogens is 470 g/mol. The Morgan fingerprint density at radius 2 is 1.94 bits per heavy atom. The summed E-state index contributed by atoms with van der Waals surface area (Å²) in [6, 6.07) is 6.51. The van der Waals surface area contributed by atoms with Crippen molar-refractivity contribution in [2.45, 2.75) is 45.3 Å². The van der Waals surface area contributed by atoms with Crippen molar-refractivity contribution in [1.82, 2.24) is 19.7 Å². The summed E-state index contributed by atoms with van der Waals surface area (Å²) in [4.78, 5) is 16.9. The van der Waals surface area contributed by atoms with Crippen LogP contribution >= 0.6 is 11.3 Å². The van der Waals surface area contributed by atoms with E-state index < -0.39 is 23.6 Å². The number of rotatable bonds is 3. The van der Waals surface area contributed by atoms with Gasteiger partial charge in [0.25, 0.3) is 5.91 Å². The van der Waals surface area contributed by atoms with E-state index in [0.29, 0.717) is 22.3 Å². The molecule has 176 valence electrons. The monoisotopic (exact) mass is 489 g/mol. The zero-order valence-corrected chi connectivity index (χ0v) is 18.9. The lowest BCUT2D eigenvalue weighted by atomic mass is 10.1. The summed E-state index contributed by atoms with van der Waals surface area (Å²) in [5, 5.41) is 11.5. The smallest absolute Gasteiger partial charge is 0.319 e. The molecular formula is C23H19F4N5OS. The summed E-state index contributed by atoms with van der Waals surface area (Å²) in [7, 11) is 0. The van der Waals surface area contributed by atoms with Gasteiger partial charge in [0.2, 0.25) is 0 Å². The SMILES string of the molecule is Cc1c(C(=O)Nc2cc(-c3nnc4n3CCCCC4)ccc2F)sc2nc(C(F)(F)F)ccc12. The van der Waals surface area contributed by atoms with Crippen LogP contribution in [0.25, 0.3) is 21.6 Å². The van der Waals surface area contributed by atoms with Gasteiger partial charge in [-0.2, -0.15) is 13.2 Å². The van der Waals surface area contributed by atoms with Crippen molar-refractivity contribution in [3.8, 4) is 11.4 Å². The molecule has 0 atom stereocenters. The first-order valence-electron chi connectivity index (χ1n) is 10.7. The molecule has 0 fully saturated rings. The number of nitrogens with zero attached hydrogens (tertiary/aromatic N) is 4. The summed E-state index contributed by atoms with van der Waals surface area (Å²) in [6.45, 7) is 2.39. The first-order valence-corrected chi connectivity index (χ1v) is 11.5. The molecule has 11 heteroatoms. The third kappa shape index (κ3) is 4.04. The number of nitrogens with one attached hydrogen (secondary N) is 1. The number of hydrogen-bond acceptors (Lipinski definition) is 5. The topological polar surface area (TPSA) is 72.7 Å². The lowest BCUT2D eigenvalue weighted by molar-refractivity contribution is -0.140. The van der Waals surface area contributed by atoms with Crippen LogP contribution in [0.2, 0.25) is 0 Å². The minimum Gasteiger partial charge on any atom is -0.319 e. The summed E-state index contributed by atoms with van der Waals surface area (Å²) < 4.78 is 55.6. The molecule has 0 saturated carbocycles.